The first kappa shape index (κ1) is 21.0. The Labute approximate surface area is 156 Å². The van der Waals surface area contributed by atoms with E-state index in [1.54, 1.807) is 7.11 Å². The maximum Gasteiger partial charge on any atom is 0.230 e. The number of amides is 1. The number of hydrogen-bond donors (Lipinski definition) is 1. The minimum absolute atomic E-state index is 0. The van der Waals surface area contributed by atoms with Crippen LogP contribution in [0.2, 0.25) is 0 Å². The van der Waals surface area contributed by atoms with E-state index < -0.39 is 0 Å². The van der Waals surface area contributed by atoms with Gasteiger partial charge in [0.2, 0.25) is 5.91 Å². The summed E-state index contributed by atoms with van der Waals surface area (Å²) in [4.78, 5) is 14.9. The lowest BCUT2D eigenvalue weighted by atomic mass is 9.99. The molecular weight excluding hydrogens is 336 g/mol. The molecule has 0 aliphatic heterocycles. The Balaban J connectivity index is 0.00000312. The summed E-state index contributed by atoms with van der Waals surface area (Å²) in [6, 6.07) is 17.7. The largest absolute Gasteiger partial charge is 0.497 e. The normalized spacial score (nSPS) is 11.3. The van der Waals surface area contributed by atoms with Crippen molar-refractivity contribution in [2.45, 2.75) is 25.8 Å². The molecule has 136 valence electrons. The number of halogens is 1. The van der Waals surface area contributed by atoms with Crippen LogP contribution < -0.4 is 10.5 Å². The van der Waals surface area contributed by atoms with Crippen LogP contribution in [-0.2, 0) is 11.3 Å². The molecule has 0 saturated carbocycles. The number of carbonyl (C=O) groups is 1. The molecule has 0 aromatic heterocycles. The Bertz CT molecular complexity index is 649. The van der Waals surface area contributed by atoms with Gasteiger partial charge in [0.1, 0.15) is 5.75 Å². The molecule has 0 bridgehead atoms. The van der Waals surface area contributed by atoms with Crippen LogP contribution in [0.25, 0.3) is 0 Å². The van der Waals surface area contributed by atoms with E-state index in [0.29, 0.717) is 19.6 Å². The molecule has 25 heavy (non-hydrogen) atoms. The third-order valence-corrected chi connectivity index (χ3v) is 4.12. The first-order chi connectivity index (χ1) is 11.7. The number of methoxy groups -OCH3 is 1. The van der Waals surface area contributed by atoms with Gasteiger partial charge in [-0.25, -0.2) is 0 Å². The molecule has 0 heterocycles. The van der Waals surface area contributed by atoms with Crippen LogP contribution in [-0.4, -0.2) is 31.0 Å². The van der Waals surface area contributed by atoms with Gasteiger partial charge < -0.3 is 15.4 Å². The molecule has 0 aliphatic rings. The van der Waals surface area contributed by atoms with Gasteiger partial charge in [-0.2, -0.15) is 0 Å². The Morgan fingerprint density at radius 2 is 1.88 bits per heavy atom. The molecule has 0 fully saturated rings. The molecule has 2 aromatic rings. The first-order valence-corrected chi connectivity index (χ1v) is 8.32. The molecule has 0 aliphatic carbocycles. The van der Waals surface area contributed by atoms with E-state index in [1.807, 2.05) is 66.4 Å². The summed E-state index contributed by atoms with van der Waals surface area (Å²) in [6.07, 6.45) is 0.795. The lowest BCUT2D eigenvalue weighted by Gasteiger charge is -2.26. The molecule has 1 atom stereocenters. The highest BCUT2D eigenvalue weighted by molar-refractivity contribution is 5.85. The zero-order valence-corrected chi connectivity index (χ0v) is 15.7. The second-order valence-corrected chi connectivity index (χ2v) is 5.89. The number of rotatable bonds is 8. The zero-order valence-electron chi connectivity index (χ0n) is 14.9. The topological polar surface area (TPSA) is 55.6 Å². The average Bonchev–Trinajstić information content (AvgIpc) is 2.64. The lowest BCUT2D eigenvalue weighted by molar-refractivity contribution is -0.133. The molecule has 0 radical (unpaired) electrons. The minimum Gasteiger partial charge on any atom is -0.497 e. The minimum atomic E-state index is -0.221. The Morgan fingerprint density at radius 1 is 1.16 bits per heavy atom. The van der Waals surface area contributed by atoms with Crippen LogP contribution in [0.1, 0.15) is 30.4 Å². The van der Waals surface area contributed by atoms with Crippen molar-refractivity contribution in [3.05, 3.63) is 65.7 Å². The van der Waals surface area contributed by atoms with Crippen LogP contribution in [0.15, 0.2) is 54.6 Å². The summed E-state index contributed by atoms with van der Waals surface area (Å²) in [5, 5.41) is 0. The van der Waals surface area contributed by atoms with E-state index in [1.165, 1.54) is 0 Å². The fourth-order valence-corrected chi connectivity index (χ4v) is 2.68. The second-order valence-electron chi connectivity index (χ2n) is 5.89. The van der Waals surface area contributed by atoms with Gasteiger partial charge in [0, 0.05) is 13.1 Å². The molecule has 2 N–H and O–H groups in total. The van der Waals surface area contributed by atoms with Crippen molar-refractivity contribution in [2.75, 3.05) is 20.2 Å². The van der Waals surface area contributed by atoms with E-state index in [4.69, 9.17) is 10.5 Å². The summed E-state index contributed by atoms with van der Waals surface area (Å²) in [5.41, 5.74) is 7.73. The molecule has 0 saturated heterocycles. The summed E-state index contributed by atoms with van der Waals surface area (Å²) in [6.45, 7) is 3.79. The Hall–Kier alpha value is -2.04. The van der Waals surface area contributed by atoms with E-state index >= 15 is 0 Å². The molecule has 2 aromatic carbocycles. The number of carbonyl (C=O) groups excluding carboxylic acids is 1. The van der Waals surface area contributed by atoms with Crippen molar-refractivity contribution >= 4 is 18.3 Å². The van der Waals surface area contributed by atoms with Crippen molar-refractivity contribution in [3.63, 3.8) is 0 Å². The third kappa shape index (κ3) is 6.07. The average molecular weight is 363 g/mol. The molecular formula is C20H27ClN2O2. The molecule has 1 unspecified atom stereocenters. The van der Waals surface area contributed by atoms with Crippen LogP contribution in [0.5, 0.6) is 5.75 Å². The molecule has 0 spiro atoms. The first-order valence-electron chi connectivity index (χ1n) is 8.32. The number of hydrogen-bond acceptors (Lipinski definition) is 3. The quantitative estimate of drug-likeness (QED) is 0.780. The predicted octanol–water partition coefficient (Wildman–Crippen LogP) is 3.60. The van der Waals surface area contributed by atoms with E-state index in [9.17, 15) is 4.79 Å². The summed E-state index contributed by atoms with van der Waals surface area (Å²) in [7, 11) is 1.63. The van der Waals surface area contributed by atoms with Gasteiger partial charge in [-0.1, -0.05) is 42.5 Å². The van der Waals surface area contributed by atoms with Crippen LogP contribution in [0.3, 0.4) is 0 Å². The van der Waals surface area contributed by atoms with Gasteiger partial charge in [0.05, 0.1) is 13.0 Å². The number of nitrogens with zero attached hydrogens (tertiary/aromatic N) is 1. The standard InChI is InChI=1S/C20H26N2O2.ClH/c1-16(18-10-6-11-19(14-18)24-2)20(23)22(13-7-12-21)15-17-8-4-3-5-9-17;/h3-6,8-11,14,16H,7,12-13,15,21H2,1-2H3;1H. The maximum absolute atomic E-state index is 13.0. The van der Waals surface area contributed by atoms with Gasteiger partial charge in [0.15, 0.2) is 0 Å². The van der Waals surface area contributed by atoms with Crippen molar-refractivity contribution in [1.82, 2.24) is 4.90 Å². The zero-order chi connectivity index (χ0) is 17.4. The highest BCUT2D eigenvalue weighted by Gasteiger charge is 2.22. The van der Waals surface area contributed by atoms with Gasteiger partial charge in [-0.15, -0.1) is 12.4 Å². The van der Waals surface area contributed by atoms with E-state index in [0.717, 1.165) is 23.3 Å². The summed E-state index contributed by atoms with van der Waals surface area (Å²) in [5.74, 6) is 0.658. The SMILES string of the molecule is COc1cccc(C(C)C(=O)N(CCCN)Cc2ccccc2)c1.Cl. The van der Waals surface area contributed by atoms with E-state index in [-0.39, 0.29) is 24.2 Å². The van der Waals surface area contributed by atoms with Gasteiger partial charge >= 0.3 is 0 Å². The van der Waals surface area contributed by atoms with Crippen molar-refractivity contribution in [2.24, 2.45) is 5.73 Å². The molecule has 5 heteroatoms. The Morgan fingerprint density at radius 3 is 2.52 bits per heavy atom. The summed E-state index contributed by atoms with van der Waals surface area (Å²) >= 11 is 0. The van der Waals surface area contributed by atoms with Crippen LogP contribution >= 0.6 is 12.4 Å². The third-order valence-electron chi connectivity index (χ3n) is 4.12. The molecule has 1 amide bonds. The van der Waals surface area contributed by atoms with Gasteiger partial charge in [-0.05, 0) is 43.1 Å². The van der Waals surface area contributed by atoms with Crippen molar-refractivity contribution < 1.29 is 9.53 Å². The van der Waals surface area contributed by atoms with Crippen LogP contribution in [0, 0.1) is 0 Å². The summed E-state index contributed by atoms with van der Waals surface area (Å²) < 4.78 is 5.26. The number of nitrogens with two attached hydrogens (primary N) is 1. The van der Waals surface area contributed by atoms with Gasteiger partial charge in [0.25, 0.3) is 0 Å². The lowest BCUT2D eigenvalue weighted by Crippen LogP contribution is -2.35. The Kier molecular flexibility index (Phi) is 9.03. The molecule has 2 rings (SSSR count). The van der Waals surface area contributed by atoms with Gasteiger partial charge in [-0.3, -0.25) is 4.79 Å². The highest BCUT2D eigenvalue weighted by atomic mass is 35.5. The highest BCUT2D eigenvalue weighted by Crippen LogP contribution is 2.23. The fourth-order valence-electron chi connectivity index (χ4n) is 2.68. The smallest absolute Gasteiger partial charge is 0.230 e. The predicted molar refractivity (Wildman–Crippen MR) is 104 cm³/mol. The van der Waals surface area contributed by atoms with Crippen molar-refractivity contribution in [1.29, 1.82) is 0 Å². The van der Waals surface area contributed by atoms with Crippen LogP contribution in [0.4, 0.5) is 0 Å². The molecule has 4 nitrogen and oxygen atoms in total. The number of benzene rings is 2. The van der Waals surface area contributed by atoms with E-state index in [2.05, 4.69) is 0 Å². The second kappa shape index (κ2) is 10.7. The monoisotopic (exact) mass is 362 g/mol. The number of ether oxygens (including phenoxy) is 1. The maximum atomic E-state index is 13.0. The van der Waals surface area contributed by atoms with Crippen molar-refractivity contribution in [3.8, 4) is 5.75 Å². The fraction of sp³-hybridized carbons (Fsp3) is 0.350.